The Morgan fingerprint density at radius 3 is 2.35 bits per heavy atom. The Hall–Kier alpha value is -4.29. The van der Waals surface area contributed by atoms with Crippen molar-refractivity contribution < 1.29 is 28.4 Å². The number of likely N-dealkylation sites (N-methyl/N-ethyl adjacent to an activating group) is 1. The molecular formula is C30H37ClN6O6. The summed E-state index contributed by atoms with van der Waals surface area (Å²) in [5, 5.41) is 12.9. The predicted octanol–water partition coefficient (Wildman–Crippen LogP) is 5.63. The summed E-state index contributed by atoms with van der Waals surface area (Å²) in [4.78, 5) is 43.0. The molecule has 0 unspecified atom stereocenters. The van der Waals surface area contributed by atoms with Crippen molar-refractivity contribution in [2.24, 2.45) is 5.92 Å². The van der Waals surface area contributed by atoms with Gasteiger partial charge in [0.25, 0.3) is 5.91 Å². The quantitative estimate of drug-likeness (QED) is 0.347. The monoisotopic (exact) mass is 612 g/mol. The summed E-state index contributed by atoms with van der Waals surface area (Å²) < 4.78 is 17.2. The Morgan fingerprint density at radius 1 is 1.02 bits per heavy atom. The maximum atomic E-state index is 13.6. The van der Waals surface area contributed by atoms with Gasteiger partial charge in [0.1, 0.15) is 23.7 Å². The lowest BCUT2D eigenvalue weighted by molar-refractivity contribution is 0.0174. The Kier molecular flexibility index (Phi) is 10.1. The number of hydrogen-bond acceptors (Lipinski definition) is 7. The number of ether oxygens (including phenoxy) is 2. The third kappa shape index (κ3) is 7.76. The highest BCUT2D eigenvalue weighted by molar-refractivity contribution is 6.30. The van der Waals surface area contributed by atoms with Gasteiger partial charge in [0.05, 0.1) is 17.7 Å². The van der Waals surface area contributed by atoms with Gasteiger partial charge in [-0.1, -0.05) is 23.7 Å². The number of nitrogens with zero attached hydrogens (tertiary/aromatic N) is 3. The summed E-state index contributed by atoms with van der Waals surface area (Å²) >= 11 is 5.93. The van der Waals surface area contributed by atoms with Crippen LogP contribution in [0.3, 0.4) is 0 Å². The van der Waals surface area contributed by atoms with Crippen LogP contribution in [-0.4, -0.2) is 78.9 Å². The number of aromatic nitrogens is 1. The number of rotatable bonds is 4. The van der Waals surface area contributed by atoms with Gasteiger partial charge in [0, 0.05) is 55.6 Å². The summed E-state index contributed by atoms with van der Waals surface area (Å²) in [5.41, 5.74) is 2.38. The van der Waals surface area contributed by atoms with E-state index in [4.69, 9.17) is 25.6 Å². The fraction of sp³-hybridized carbons (Fsp3) is 0.400. The van der Waals surface area contributed by atoms with Crippen LogP contribution in [0.25, 0.3) is 0 Å². The number of carbonyl (C=O) groups excluding carboxylic acids is 3. The van der Waals surface area contributed by atoms with E-state index in [2.05, 4.69) is 21.1 Å². The number of halogens is 1. The van der Waals surface area contributed by atoms with E-state index >= 15 is 0 Å². The van der Waals surface area contributed by atoms with E-state index in [-0.39, 0.29) is 42.9 Å². The van der Waals surface area contributed by atoms with Crippen LogP contribution in [0, 0.1) is 19.8 Å². The van der Waals surface area contributed by atoms with Gasteiger partial charge in [-0.15, -0.1) is 0 Å². The number of methoxy groups -OCH3 is 1. The predicted molar refractivity (Wildman–Crippen MR) is 164 cm³/mol. The molecule has 2 heterocycles. The summed E-state index contributed by atoms with van der Waals surface area (Å²) in [7, 11) is 3.28. The zero-order valence-corrected chi connectivity index (χ0v) is 25.8. The molecule has 0 spiro atoms. The molecule has 230 valence electrons. The second-order valence-electron chi connectivity index (χ2n) is 10.7. The Morgan fingerprint density at radius 2 is 1.70 bits per heavy atom. The van der Waals surface area contributed by atoms with Crippen molar-refractivity contribution in [1.29, 1.82) is 0 Å². The maximum absolute atomic E-state index is 13.6. The van der Waals surface area contributed by atoms with E-state index in [1.807, 2.05) is 13.8 Å². The molecule has 0 fully saturated rings. The zero-order valence-electron chi connectivity index (χ0n) is 25.1. The lowest BCUT2D eigenvalue weighted by Crippen LogP contribution is -2.50. The molecule has 0 radical (unpaired) electrons. The molecule has 0 saturated heterocycles. The van der Waals surface area contributed by atoms with E-state index in [9.17, 15) is 14.4 Å². The molecule has 0 saturated carbocycles. The highest BCUT2D eigenvalue weighted by atomic mass is 35.5. The number of anilines is 3. The largest absolute Gasteiger partial charge is 0.491 e. The number of aryl methyl sites for hydroxylation is 2. The molecule has 1 aliphatic rings. The number of amides is 5. The van der Waals surface area contributed by atoms with E-state index in [0.717, 1.165) is 0 Å². The van der Waals surface area contributed by atoms with E-state index < -0.39 is 12.1 Å². The van der Waals surface area contributed by atoms with Gasteiger partial charge in [-0.05, 0) is 57.2 Å². The lowest BCUT2D eigenvalue weighted by atomic mass is 10.0. The highest BCUT2D eigenvalue weighted by Crippen LogP contribution is 2.28. The van der Waals surface area contributed by atoms with Crippen LogP contribution in [0.1, 0.15) is 35.7 Å². The number of urea groups is 2. The van der Waals surface area contributed by atoms with Crippen LogP contribution >= 0.6 is 11.6 Å². The summed E-state index contributed by atoms with van der Waals surface area (Å²) in [5.74, 6) is 0.383. The molecule has 4 rings (SSSR count). The molecule has 1 aromatic heterocycles. The first-order valence-electron chi connectivity index (χ1n) is 13.9. The van der Waals surface area contributed by atoms with Crippen molar-refractivity contribution in [3.8, 4) is 5.75 Å². The maximum Gasteiger partial charge on any atom is 0.323 e. The minimum Gasteiger partial charge on any atom is -0.491 e. The summed E-state index contributed by atoms with van der Waals surface area (Å²) in [6.45, 7) is 8.01. The number of fused-ring (bicyclic) bond motifs is 1. The van der Waals surface area contributed by atoms with Gasteiger partial charge in [0.15, 0.2) is 5.76 Å². The van der Waals surface area contributed by atoms with Crippen molar-refractivity contribution >= 4 is 46.6 Å². The number of benzene rings is 2. The molecule has 12 nitrogen and oxygen atoms in total. The Balaban J connectivity index is 1.60. The average Bonchev–Trinajstić information content (AvgIpc) is 3.29. The van der Waals surface area contributed by atoms with Crippen LogP contribution in [0.15, 0.2) is 47.0 Å². The molecule has 5 amide bonds. The van der Waals surface area contributed by atoms with E-state index in [1.165, 1.54) is 0 Å². The van der Waals surface area contributed by atoms with Crippen LogP contribution in [-0.2, 0) is 4.74 Å². The number of carbonyl (C=O) groups is 3. The van der Waals surface area contributed by atoms with Gasteiger partial charge in [-0.25, -0.2) is 9.59 Å². The molecule has 13 heteroatoms. The summed E-state index contributed by atoms with van der Waals surface area (Å²) in [6.07, 6.45) is -0.350. The highest BCUT2D eigenvalue weighted by Gasteiger charge is 2.31. The van der Waals surface area contributed by atoms with Gasteiger partial charge in [0.2, 0.25) is 0 Å². The minimum absolute atomic E-state index is 0.0732. The molecule has 3 atom stereocenters. The molecule has 0 aliphatic carbocycles. The van der Waals surface area contributed by atoms with Crippen LogP contribution < -0.4 is 20.7 Å². The second-order valence-corrected chi connectivity index (χ2v) is 11.1. The van der Waals surface area contributed by atoms with Crippen molar-refractivity contribution in [3.63, 3.8) is 0 Å². The number of nitrogens with one attached hydrogen (secondary N) is 3. The fourth-order valence-corrected chi connectivity index (χ4v) is 4.93. The molecule has 3 N–H and O–H groups in total. The second kappa shape index (κ2) is 13.8. The van der Waals surface area contributed by atoms with Gasteiger partial charge in [-0.3, -0.25) is 4.79 Å². The molecule has 0 bridgehead atoms. The third-order valence-corrected chi connectivity index (χ3v) is 7.58. The van der Waals surface area contributed by atoms with Gasteiger partial charge >= 0.3 is 12.1 Å². The van der Waals surface area contributed by atoms with Crippen LogP contribution in [0.5, 0.6) is 5.75 Å². The first-order valence-corrected chi connectivity index (χ1v) is 14.2. The average molecular weight is 613 g/mol. The summed E-state index contributed by atoms with van der Waals surface area (Å²) in [6, 6.07) is 10.3. The van der Waals surface area contributed by atoms with E-state index in [1.54, 1.807) is 80.3 Å². The van der Waals surface area contributed by atoms with Crippen molar-refractivity contribution in [2.45, 2.75) is 39.8 Å². The fourth-order valence-electron chi connectivity index (χ4n) is 4.80. The first kappa shape index (κ1) is 31.6. The zero-order chi connectivity index (χ0) is 31.3. The minimum atomic E-state index is -0.480. The molecule has 43 heavy (non-hydrogen) atoms. The van der Waals surface area contributed by atoms with Crippen molar-refractivity contribution in [2.75, 3.05) is 49.8 Å². The van der Waals surface area contributed by atoms with Gasteiger partial charge in [-0.2, -0.15) is 0 Å². The molecule has 2 aromatic carbocycles. The normalized spacial score (nSPS) is 19.4. The molecule has 1 aliphatic heterocycles. The van der Waals surface area contributed by atoms with Crippen LogP contribution in [0.4, 0.5) is 26.7 Å². The molecular weight excluding hydrogens is 576 g/mol. The SMILES string of the molecule is CO[C@H]1CN(C)C(=O)c2ccc(NC(=O)Nc3ccc(Cl)cc3)cc2OC[C@@H](C)N(C(=O)Nc2c(C)noc2C)C[C@H]1C. The lowest BCUT2D eigenvalue weighted by Gasteiger charge is -2.36. The van der Waals surface area contributed by atoms with Crippen LogP contribution in [0.2, 0.25) is 5.02 Å². The number of hydrogen-bond donors (Lipinski definition) is 3. The smallest absolute Gasteiger partial charge is 0.323 e. The van der Waals surface area contributed by atoms with Crippen molar-refractivity contribution in [1.82, 2.24) is 15.0 Å². The molecule has 3 aromatic rings. The van der Waals surface area contributed by atoms with Gasteiger partial charge < -0.3 is 39.7 Å². The Bertz CT molecular complexity index is 1440. The van der Waals surface area contributed by atoms with E-state index in [0.29, 0.717) is 45.6 Å². The van der Waals surface area contributed by atoms with Crippen molar-refractivity contribution in [3.05, 3.63) is 64.5 Å². The first-order chi connectivity index (χ1) is 20.5. The standard InChI is InChI=1S/C30H37ClN6O6/c1-17-14-37(30(40)34-27-19(3)35-43-20(27)4)18(2)16-42-25-13-23(33-29(39)32-22-9-7-21(31)8-10-22)11-12-24(25)28(38)36(5)15-26(17)41-6/h7-13,17-18,26H,14-16H2,1-6H3,(H,34,40)(H2,32,33,39)/t17-,18-,26+/m1/s1. The Labute approximate surface area is 255 Å². The third-order valence-electron chi connectivity index (χ3n) is 7.33. The topological polar surface area (TPSA) is 138 Å².